The van der Waals surface area contributed by atoms with Crippen LogP contribution in [0.3, 0.4) is 0 Å². The first-order valence-electron chi connectivity index (χ1n) is 8.21. The van der Waals surface area contributed by atoms with Crippen molar-refractivity contribution < 1.29 is 28.5 Å². The molecule has 0 unspecified atom stereocenters. The number of hydrogen-bond acceptors (Lipinski definition) is 5. The highest BCUT2D eigenvalue weighted by Gasteiger charge is 2.29. The third kappa shape index (κ3) is 2.51. The Morgan fingerprint density at radius 3 is 2.71 bits per heavy atom. The highest BCUT2D eigenvalue weighted by Crippen LogP contribution is 2.40. The number of anilines is 1. The van der Waals surface area contributed by atoms with E-state index in [0.717, 1.165) is 17.0 Å². The van der Waals surface area contributed by atoms with E-state index in [1.54, 1.807) is 12.1 Å². The van der Waals surface area contributed by atoms with Crippen LogP contribution in [-0.2, 0) is 18.5 Å². The van der Waals surface area contributed by atoms with Crippen molar-refractivity contribution in [1.82, 2.24) is 4.57 Å². The molecular weight excluding hydrogens is 374 g/mol. The van der Waals surface area contributed by atoms with Gasteiger partial charge in [-0.1, -0.05) is 6.07 Å². The van der Waals surface area contributed by atoms with Crippen LogP contribution in [0.15, 0.2) is 35.1 Å². The lowest BCUT2D eigenvalue weighted by molar-refractivity contribution is -0.193. The molecular formula is C19H14F2N2O5. The van der Waals surface area contributed by atoms with E-state index in [1.165, 1.54) is 18.7 Å². The van der Waals surface area contributed by atoms with Crippen molar-refractivity contribution in [2.24, 2.45) is 7.05 Å². The van der Waals surface area contributed by atoms with E-state index in [1.807, 2.05) is 0 Å². The minimum absolute atomic E-state index is 0.133. The number of carbonyl (C=O) groups is 1. The van der Waals surface area contributed by atoms with Gasteiger partial charge in [-0.3, -0.25) is 9.59 Å². The summed E-state index contributed by atoms with van der Waals surface area (Å²) in [5, 5.41) is 10.9. The molecule has 4 rings (SSSR count). The van der Waals surface area contributed by atoms with E-state index >= 15 is 0 Å². The summed E-state index contributed by atoms with van der Waals surface area (Å²) in [6.45, 7) is 0.150. The summed E-state index contributed by atoms with van der Waals surface area (Å²) in [6, 6.07) is 5.96. The van der Waals surface area contributed by atoms with Gasteiger partial charge in [0.25, 0.3) is 11.5 Å². The van der Waals surface area contributed by atoms with Gasteiger partial charge in [-0.15, -0.1) is 0 Å². The molecule has 2 aromatic carbocycles. The van der Waals surface area contributed by atoms with Crippen LogP contribution in [0.1, 0.15) is 15.9 Å². The lowest BCUT2D eigenvalue weighted by Crippen LogP contribution is -2.34. The van der Waals surface area contributed by atoms with Crippen molar-refractivity contribution in [1.29, 1.82) is 0 Å². The van der Waals surface area contributed by atoms with Gasteiger partial charge in [-0.25, -0.2) is 8.78 Å². The number of amides is 1. The van der Waals surface area contributed by atoms with Crippen molar-refractivity contribution in [3.8, 4) is 11.5 Å². The maximum Gasteiger partial charge on any atom is 0.267 e. The molecule has 0 spiro atoms. The van der Waals surface area contributed by atoms with E-state index in [9.17, 15) is 23.5 Å². The van der Waals surface area contributed by atoms with Gasteiger partial charge >= 0.3 is 0 Å². The summed E-state index contributed by atoms with van der Waals surface area (Å²) in [5.74, 6) is -3.14. The first-order valence-corrected chi connectivity index (χ1v) is 8.21. The van der Waals surface area contributed by atoms with E-state index in [0.29, 0.717) is 17.1 Å². The van der Waals surface area contributed by atoms with Crippen molar-refractivity contribution in [2.75, 3.05) is 11.9 Å². The second kappa shape index (κ2) is 6.31. The highest BCUT2D eigenvalue weighted by atomic mass is 19.1. The lowest BCUT2D eigenvalue weighted by Gasteiger charge is -2.20. The Labute approximate surface area is 156 Å². The second-order valence-corrected chi connectivity index (χ2v) is 6.34. The maximum atomic E-state index is 14.1. The molecule has 2 heterocycles. The minimum Gasteiger partial charge on any atom is -0.506 e. The fourth-order valence-electron chi connectivity index (χ4n) is 3.21. The van der Waals surface area contributed by atoms with Crippen LogP contribution in [0.5, 0.6) is 11.5 Å². The molecule has 9 heteroatoms. The van der Waals surface area contributed by atoms with Crippen molar-refractivity contribution >= 4 is 22.5 Å². The fraction of sp³-hybridized carbons (Fsp3) is 0.158. The Morgan fingerprint density at radius 2 is 2.00 bits per heavy atom. The molecule has 0 fully saturated rings. The predicted octanol–water partition coefficient (Wildman–Crippen LogP) is 2.62. The summed E-state index contributed by atoms with van der Waals surface area (Å²) < 4.78 is 28.4. The largest absolute Gasteiger partial charge is 0.506 e. The Bertz CT molecular complexity index is 1210. The van der Waals surface area contributed by atoms with Gasteiger partial charge in [0.05, 0.1) is 16.6 Å². The van der Waals surface area contributed by atoms with E-state index in [2.05, 4.69) is 0 Å². The standard InChI is InChI=1S/C19H14F2N2O5/c1-22(12-6-4-10(20)7-11(12)21)18(25)15-16(24)14-13(23(2)19(15)26)5-3-9-8-27-28-17(9)14/h3-7,24H,8H2,1-2H3. The smallest absolute Gasteiger partial charge is 0.267 e. The first-order chi connectivity index (χ1) is 13.3. The van der Waals surface area contributed by atoms with Gasteiger partial charge in [-0.2, -0.15) is 4.89 Å². The molecule has 1 aromatic heterocycles. The number of nitrogens with zero attached hydrogens (tertiary/aromatic N) is 2. The molecule has 0 bridgehead atoms. The van der Waals surface area contributed by atoms with E-state index in [-0.39, 0.29) is 23.4 Å². The summed E-state index contributed by atoms with van der Waals surface area (Å²) in [6.07, 6.45) is 0. The Kier molecular flexibility index (Phi) is 4.04. The molecule has 0 saturated heterocycles. The molecule has 1 amide bonds. The van der Waals surface area contributed by atoms with Crippen LogP contribution in [0.4, 0.5) is 14.5 Å². The van der Waals surface area contributed by atoms with Gasteiger partial charge in [0.1, 0.15) is 29.6 Å². The number of rotatable bonds is 2. The zero-order valence-electron chi connectivity index (χ0n) is 14.8. The SMILES string of the molecule is CN(C(=O)c1c(O)c2c3c(ccc2n(C)c1=O)COO3)c1ccc(F)cc1F. The molecule has 144 valence electrons. The highest BCUT2D eigenvalue weighted by molar-refractivity contribution is 6.11. The van der Waals surface area contributed by atoms with Crippen molar-refractivity contribution in [3.05, 3.63) is 63.4 Å². The van der Waals surface area contributed by atoms with Crippen LogP contribution in [0.2, 0.25) is 0 Å². The van der Waals surface area contributed by atoms with Crippen LogP contribution in [0, 0.1) is 11.6 Å². The Hall–Kier alpha value is -3.46. The zero-order chi connectivity index (χ0) is 20.2. The number of aryl methyl sites for hydroxylation is 1. The molecule has 0 atom stereocenters. The predicted molar refractivity (Wildman–Crippen MR) is 95.4 cm³/mol. The van der Waals surface area contributed by atoms with Crippen LogP contribution in [-0.4, -0.2) is 22.6 Å². The summed E-state index contributed by atoms with van der Waals surface area (Å²) in [5.41, 5.74) is -0.615. The third-order valence-electron chi connectivity index (χ3n) is 4.72. The molecule has 1 aliphatic heterocycles. The second-order valence-electron chi connectivity index (χ2n) is 6.34. The Balaban J connectivity index is 1.93. The number of pyridine rings is 1. The third-order valence-corrected chi connectivity index (χ3v) is 4.72. The maximum absolute atomic E-state index is 14.1. The first kappa shape index (κ1) is 17.9. The molecule has 0 radical (unpaired) electrons. The van der Waals surface area contributed by atoms with Gasteiger partial charge in [0.2, 0.25) is 0 Å². The van der Waals surface area contributed by atoms with Gasteiger partial charge < -0.3 is 19.5 Å². The number of fused-ring (bicyclic) bond motifs is 3. The topological polar surface area (TPSA) is 81.0 Å². The molecule has 7 nitrogen and oxygen atoms in total. The normalized spacial score (nSPS) is 12.7. The number of aromatic nitrogens is 1. The summed E-state index contributed by atoms with van der Waals surface area (Å²) in [7, 11) is 2.65. The molecule has 28 heavy (non-hydrogen) atoms. The minimum atomic E-state index is -0.981. The average molecular weight is 388 g/mol. The molecule has 0 saturated carbocycles. The molecule has 1 aliphatic rings. The quantitative estimate of drug-likeness (QED) is 0.683. The van der Waals surface area contributed by atoms with Crippen LogP contribution in [0.25, 0.3) is 10.9 Å². The Morgan fingerprint density at radius 1 is 1.25 bits per heavy atom. The molecule has 0 aliphatic carbocycles. The number of benzene rings is 2. The van der Waals surface area contributed by atoms with Gasteiger partial charge in [0, 0.05) is 25.7 Å². The number of halogens is 2. The molecule has 1 N–H and O–H groups in total. The monoisotopic (exact) mass is 388 g/mol. The van der Waals surface area contributed by atoms with Gasteiger partial charge in [0.15, 0.2) is 5.75 Å². The van der Waals surface area contributed by atoms with E-state index < -0.39 is 34.4 Å². The fourth-order valence-corrected chi connectivity index (χ4v) is 3.21. The number of carbonyl (C=O) groups excluding carboxylic acids is 1. The summed E-state index contributed by atoms with van der Waals surface area (Å²) in [4.78, 5) is 36.5. The lowest BCUT2D eigenvalue weighted by atomic mass is 10.0. The number of hydrogen-bond donors (Lipinski definition) is 1. The summed E-state index contributed by atoms with van der Waals surface area (Å²) >= 11 is 0. The van der Waals surface area contributed by atoms with Crippen molar-refractivity contribution in [3.63, 3.8) is 0 Å². The number of aromatic hydroxyl groups is 1. The van der Waals surface area contributed by atoms with Crippen molar-refractivity contribution in [2.45, 2.75) is 6.61 Å². The molecule has 3 aromatic rings. The van der Waals surface area contributed by atoms with Crippen LogP contribution < -0.4 is 15.3 Å². The van der Waals surface area contributed by atoms with E-state index in [4.69, 9.17) is 9.78 Å². The average Bonchev–Trinajstić information content (AvgIpc) is 3.14. The van der Waals surface area contributed by atoms with Crippen LogP contribution >= 0.6 is 0 Å². The zero-order valence-corrected chi connectivity index (χ0v) is 14.8. The van der Waals surface area contributed by atoms with Gasteiger partial charge in [-0.05, 0) is 18.2 Å².